The van der Waals surface area contributed by atoms with Crippen LogP contribution >= 0.6 is 0 Å². The summed E-state index contributed by atoms with van der Waals surface area (Å²) >= 11 is 0. The summed E-state index contributed by atoms with van der Waals surface area (Å²) < 4.78 is 0. The van der Waals surface area contributed by atoms with Crippen LogP contribution in [-0.4, -0.2) is 41.6 Å². The third-order valence-corrected chi connectivity index (χ3v) is 2.90. The number of primary amides is 1. The molecule has 0 aliphatic carbocycles. The Kier molecular flexibility index (Phi) is 3.79. The zero-order chi connectivity index (χ0) is 14.7. The Balaban J connectivity index is 2.10. The molecule has 4 amide bonds. The van der Waals surface area contributed by atoms with Gasteiger partial charge in [-0.3, -0.25) is 24.1 Å². The van der Waals surface area contributed by atoms with Crippen molar-refractivity contribution in [1.29, 1.82) is 0 Å². The highest BCUT2D eigenvalue weighted by molar-refractivity contribution is 6.11. The first-order valence-corrected chi connectivity index (χ1v) is 5.96. The average Bonchev–Trinajstić information content (AvgIpc) is 2.41. The van der Waals surface area contributed by atoms with E-state index in [0.29, 0.717) is 11.1 Å². The Hall–Kier alpha value is -2.70. The van der Waals surface area contributed by atoms with Crippen LogP contribution < -0.4 is 11.1 Å². The summed E-state index contributed by atoms with van der Waals surface area (Å²) in [7, 11) is 0. The summed E-state index contributed by atoms with van der Waals surface area (Å²) in [5.74, 6) is -2.25. The van der Waals surface area contributed by atoms with Crippen molar-refractivity contribution in [3.8, 4) is 0 Å². The number of carbonyl (C=O) groups is 4. The second-order valence-corrected chi connectivity index (χ2v) is 4.36. The molecule has 7 heteroatoms. The van der Waals surface area contributed by atoms with Crippen LogP contribution in [0.15, 0.2) is 24.3 Å². The fourth-order valence-corrected chi connectivity index (χ4v) is 1.95. The second-order valence-electron chi connectivity index (χ2n) is 4.36. The molecule has 0 radical (unpaired) electrons. The minimum atomic E-state index is -0.694. The number of nitrogens with one attached hydrogen (secondary N) is 1. The number of hydrogen-bond donors (Lipinski definition) is 2. The maximum absolute atomic E-state index is 12.1. The molecule has 1 aromatic carbocycles. The first kappa shape index (κ1) is 13.7. The van der Waals surface area contributed by atoms with E-state index in [0.717, 1.165) is 4.90 Å². The van der Waals surface area contributed by atoms with E-state index in [-0.39, 0.29) is 13.0 Å². The SMILES string of the molecule is NC(=O)CNC(=O)CN1C(=O)Cc2ccccc2C1=O. The number of fused-ring (bicyclic) bond motifs is 1. The van der Waals surface area contributed by atoms with Crippen molar-refractivity contribution in [3.05, 3.63) is 35.4 Å². The Morgan fingerprint density at radius 3 is 2.65 bits per heavy atom. The van der Waals surface area contributed by atoms with Gasteiger partial charge in [-0.15, -0.1) is 0 Å². The van der Waals surface area contributed by atoms with Gasteiger partial charge in [-0.05, 0) is 11.6 Å². The summed E-state index contributed by atoms with van der Waals surface area (Å²) in [5, 5.41) is 2.23. The van der Waals surface area contributed by atoms with Gasteiger partial charge in [0, 0.05) is 5.56 Å². The van der Waals surface area contributed by atoms with Crippen LogP contribution in [0, 0.1) is 0 Å². The molecule has 0 saturated heterocycles. The van der Waals surface area contributed by atoms with Crippen LogP contribution in [-0.2, 0) is 20.8 Å². The molecule has 1 aliphatic rings. The molecule has 2 rings (SSSR count). The predicted molar refractivity (Wildman–Crippen MR) is 68.4 cm³/mol. The third-order valence-electron chi connectivity index (χ3n) is 2.90. The Morgan fingerprint density at radius 1 is 1.25 bits per heavy atom. The summed E-state index contributed by atoms with van der Waals surface area (Å²) in [6, 6.07) is 6.75. The quantitative estimate of drug-likeness (QED) is 0.673. The minimum Gasteiger partial charge on any atom is -0.368 e. The van der Waals surface area contributed by atoms with E-state index in [1.807, 2.05) is 0 Å². The van der Waals surface area contributed by atoms with Crippen molar-refractivity contribution in [2.45, 2.75) is 6.42 Å². The summed E-state index contributed by atoms with van der Waals surface area (Å²) in [6.07, 6.45) is 0.0744. The normalized spacial score (nSPS) is 13.9. The highest BCUT2D eigenvalue weighted by Crippen LogP contribution is 2.19. The van der Waals surface area contributed by atoms with Gasteiger partial charge in [-0.25, -0.2) is 0 Å². The summed E-state index contributed by atoms with van der Waals surface area (Å²) in [6.45, 7) is -0.745. The van der Waals surface area contributed by atoms with Crippen LogP contribution in [0.4, 0.5) is 0 Å². The molecule has 3 N–H and O–H groups in total. The number of nitrogens with zero attached hydrogens (tertiary/aromatic N) is 1. The van der Waals surface area contributed by atoms with Gasteiger partial charge in [0.05, 0.1) is 13.0 Å². The molecule has 1 heterocycles. The van der Waals surface area contributed by atoms with Crippen molar-refractivity contribution in [1.82, 2.24) is 10.2 Å². The van der Waals surface area contributed by atoms with Gasteiger partial charge in [0.25, 0.3) is 5.91 Å². The molecule has 0 bridgehead atoms. The van der Waals surface area contributed by atoms with Crippen LogP contribution in [0.3, 0.4) is 0 Å². The Bertz CT molecular complexity index is 597. The van der Waals surface area contributed by atoms with Crippen molar-refractivity contribution in [2.75, 3.05) is 13.1 Å². The lowest BCUT2D eigenvalue weighted by Crippen LogP contribution is -2.48. The molecule has 0 spiro atoms. The molecule has 0 saturated carbocycles. The lowest BCUT2D eigenvalue weighted by molar-refractivity contribution is -0.133. The first-order valence-electron chi connectivity index (χ1n) is 5.96. The third kappa shape index (κ3) is 2.82. The Labute approximate surface area is 114 Å². The topological polar surface area (TPSA) is 110 Å². The standard InChI is InChI=1S/C13H13N3O4/c14-10(17)6-15-11(18)7-16-12(19)5-8-3-1-2-4-9(8)13(16)20/h1-4H,5-7H2,(H2,14,17)(H,15,18). The van der Waals surface area contributed by atoms with E-state index in [9.17, 15) is 19.2 Å². The molecule has 1 aliphatic heterocycles. The lowest BCUT2D eigenvalue weighted by atomic mass is 9.98. The molecule has 104 valence electrons. The number of hydrogen-bond acceptors (Lipinski definition) is 4. The fourth-order valence-electron chi connectivity index (χ4n) is 1.95. The molecule has 1 aromatic rings. The van der Waals surface area contributed by atoms with Crippen molar-refractivity contribution < 1.29 is 19.2 Å². The molecule has 0 atom stereocenters. The van der Waals surface area contributed by atoms with Gasteiger partial charge in [-0.1, -0.05) is 18.2 Å². The summed E-state index contributed by atoms with van der Waals surface area (Å²) in [4.78, 5) is 47.0. The second kappa shape index (κ2) is 5.52. The lowest BCUT2D eigenvalue weighted by Gasteiger charge is -2.26. The minimum absolute atomic E-state index is 0.0744. The average molecular weight is 275 g/mol. The molecule has 0 aromatic heterocycles. The van der Waals surface area contributed by atoms with Gasteiger partial charge in [0.1, 0.15) is 6.54 Å². The van der Waals surface area contributed by atoms with E-state index in [1.165, 1.54) is 0 Å². The Morgan fingerprint density at radius 2 is 1.95 bits per heavy atom. The molecular weight excluding hydrogens is 262 g/mol. The fraction of sp³-hybridized carbons (Fsp3) is 0.231. The molecule has 0 fully saturated rings. The summed E-state index contributed by atoms with van der Waals surface area (Å²) in [5.41, 5.74) is 5.95. The number of nitrogens with two attached hydrogens (primary N) is 1. The van der Waals surface area contributed by atoms with Gasteiger partial charge in [-0.2, -0.15) is 0 Å². The maximum atomic E-state index is 12.1. The van der Waals surface area contributed by atoms with E-state index in [2.05, 4.69) is 5.32 Å². The zero-order valence-electron chi connectivity index (χ0n) is 10.6. The van der Waals surface area contributed by atoms with Gasteiger partial charge >= 0.3 is 0 Å². The highest BCUT2D eigenvalue weighted by Gasteiger charge is 2.31. The zero-order valence-corrected chi connectivity index (χ0v) is 10.6. The molecular formula is C13H13N3O4. The molecule has 7 nitrogen and oxygen atoms in total. The largest absolute Gasteiger partial charge is 0.368 e. The molecule has 20 heavy (non-hydrogen) atoms. The van der Waals surface area contributed by atoms with E-state index < -0.39 is 30.2 Å². The maximum Gasteiger partial charge on any atom is 0.261 e. The smallest absolute Gasteiger partial charge is 0.261 e. The van der Waals surface area contributed by atoms with E-state index >= 15 is 0 Å². The number of imide groups is 1. The van der Waals surface area contributed by atoms with E-state index in [1.54, 1.807) is 24.3 Å². The number of rotatable bonds is 4. The monoisotopic (exact) mass is 275 g/mol. The van der Waals surface area contributed by atoms with E-state index in [4.69, 9.17) is 5.73 Å². The van der Waals surface area contributed by atoms with Gasteiger partial charge in [0.15, 0.2) is 0 Å². The van der Waals surface area contributed by atoms with Gasteiger partial charge in [0.2, 0.25) is 17.7 Å². The van der Waals surface area contributed by atoms with Gasteiger partial charge < -0.3 is 11.1 Å². The number of carbonyl (C=O) groups excluding carboxylic acids is 4. The highest BCUT2D eigenvalue weighted by atomic mass is 16.2. The van der Waals surface area contributed by atoms with Crippen LogP contribution in [0.2, 0.25) is 0 Å². The van der Waals surface area contributed by atoms with Crippen molar-refractivity contribution in [3.63, 3.8) is 0 Å². The number of benzene rings is 1. The van der Waals surface area contributed by atoms with Crippen LogP contribution in [0.1, 0.15) is 15.9 Å². The number of amides is 4. The van der Waals surface area contributed by atoms with Crippen molar-refractivity contribution >= 4 is 23.6 Å². The van der Waals surface area contributed by atoms with Crippen molar-refractivity contribution in [2.24, 2.45) is 5.73 Å². The van der Waals surface area contributed by atoms with Crippen LogP contribution in [0.25, 0.3) is 0 Å². The predicted octanol–water partition coefficient (Wildman–Crippen LogP) is -1.19. The molecule has 0 unspecified atom stereocenters. The van der Waals surface area contributed by atoms with Crippen LogP contribution in [0.5, 0.6) is 0 Å². The first-order chi connectivity index (χ1) is 9.49.